The minimum atomic E-state index is 0.104. The van der Waals surface area contributed by atoms with Gasteiger partial charge >= 0.3 is 0 Å². The monoisotopic (exact) mass is 226 g/mol. The summed E-state index contributed by atoms with van der Waals surface area (Å²) in [7, 11) is 0. The number of H-pyrrole nitrogens is 1. The Hall–Kier alpha value is -2.17. The van der Waals surface area contributed by atoms with Crippen LogP contribution in [0.5, 0.6) is 0 Å². The Bertz CT molecular complexity index is 650. The van der Waals surface area contributed by atoms with Gasteiger partial charge in [0.15, 0.2) is 0 Å². The van der Waals surface area contributed by atoms with Crippen LogP contribution in [0.15, 0.2) is 31.0 Å². The Morgan fingerprint density at radius 2 is 2.29 bits per heavy atom. The molecule has 0 amide bonds. The van der Waals surface area contributed by atoms with Crippen LogP contribution in [0, 0.1) is 6.92 Å². The topological polar surface area (TPSA) is 59.4 Å². The van der Waals surface area contributed by atoms with Gasteiger partial charge in [-0.2, -0.15) is 5.10 Å². The summed E-state index contributed by atoms with van der Waals surface area (Å²) in [5.74, 6) is 0. The van der Waals surface area contributed by atoms with Gasteiger partial charge in [-0.05, 0) is 19.9 Å². The van der Waals surface area contributed by atoms with Crippen molar-refractivity contribution in [3.05, 3.63) is 37.9 Å². The van der Waals surface area contributed by atoms with Crippen molar-refractivity contribution >= 4 is 11.0 Å². The number of aromatic nitrogens is 5. The van der Waals surface area contributed by atoms with Gasteiger partial charge in [0.1, 0.15) is 12.0 Å². The minimum Gasteiger partial charge on any atom is -0.346 e. The van der Waals surface area contributed by atoms with Crippen molar-refractivity contribution in [3.63, 3.8) is 0 Å². The van der Waals surface area contributed by atoms with Gasteiger partial charge in [-0.3, -0.25) is 4.68 Å². The van der Waals surface area contributed by atoms with Crippen LogP contribution in [0.3, 0.4) is 0 Å². The van der Waals surface area contributed by atoms with Gasteiger partial charge in [0.2, 0.25) is 0 Å². The fourth-order valence-corrected chi connectivity index (χ4v) is 1.80. The molecule has 17 heavy (non-hydrogen) atoms. The summed E-state index contributed by atoms with van der Waals surface area (Å²) < 4.78 is 1.82. The molecule has 1 unspecified atom stereocenters. The van der Waals surface area contributed by atoms with E-state index in [2.05, 4.69) is 27.0 Å². The van der Waals surface area contributed by atoms with E-state index in [1.54, 1.807) is 12.5 Å². The van der Waals surface area contributed by atoms with E-state index in [-0.39, 0.29) is 6.04 Å². The fourth-order valence-electron chi connectivity index (χ4n) is 1.80. The average molecular weight is 226 g/mol. The highest BCUT2D eigenvalue weighted by atomic mass is 15.3. The lowest BCUT2D eigenvalue weighted by Gasteiger charge is -2.03. The number of aromatic amines is 1. The minimum absolute atomic E-state index is 0.104. The second-order valence-electron chi connectivity index (χ2n) is 4.02. The molecule has 1 atom stereocenters. The molecular weight excluding hydrogens is 214 g/mol. The maximum Gasteiger partial charge on any atom is 0.141 e. The van der Waals surface area contributed by atoms with E-state index in [0.717, 1.165) is 22.3 Å². The quantitative estimate of drug-likeness (QED) is 0.728. The van der Waals surface area contributed by atoms with Crippen LogP contribution in [-0.2, 0) is 0 Å². The van der Waals surface area contributed by atoms with E-state index in [0.29, 0.717) is 0 Å². The molecule has 3 rings (SSSR count). The maximum absolute atomic E-state index is 4.32. The van der Waals surface area contributed by atoms with Gasteiger partial charge in [-0.15, -0.1) is 0 Å². The molecule has 0 aliphatic carbocycles. The number of nitrogens with zero attached hydrogens (tertiary/aromatic N) is 4. The molecular formula is C12H12N5. The van der Waals surface area contributed by atoms with Gasteiger partial charge in [0, 0.05) is 29.4 Å². The van der Waals surface area contributed by atoms with Crippen molar-refractivity contribution in [2.45, 2.75) is 13.0 Å². The molecule has 85 valence electrons. The van der Waals surface area contributed by atoms with E-state index in [1.165, 1.54) is 0 Å². The zero-order chi connectivity index (χ0) is 11.8. The molecule has 0 aliphatic rings. The Balaban J connectivity index is 2.16. The van der Waals surface area contributed by atoms with Crippen molar-refractivity contribution in [1.82, 2.24) is 24.7 Å². The molecule has 0 spiro atoms. The number of nitrogens with one attached hydrogen (secondary N) is 1. The van der Waals surface area contributed by atoms with Crippen LogP contribution in [0.25, 0.3) is 22.3 Å². The first-order valence-corrected chi connectivity index (χ1v) is 5.41. The molecule has 0 aliphatic heterocycles. The van der Waals surface area contributed by atoms with Crippen LogP contribution in [0.2, 0.25) is 0 Å². The summed E-state index contributed by atoms with van der Waals surface area (Å²) in [6.07, 6.45) is 7.17. The largest absolute Gasteiger partial charge is 0.346 e. The Kier molecular flexibility index (Phi) is 2.18. The normalized spacial score (nSPS) is 11.5. The van der Waals surface area contributed by atoms with Crippen molar-refractivity contribution in [2.75, 3.05) is 0 Å². The zero-order valence-corrected chi connectivity index (χ0v) is 9.46. The highest BCUT2D eigenvalue weighted by Crippen LogP contribution is 2.24. The number of fused-ring (bicyclic) bond motifs is 1. The van der Waals surface area contributed by atoms with Gasteiger partial charge < -0.3 is 4.98 Å². The third kappa shape index (κ3) is 1.60. The van der Waals surface area contributed by atoms with Crippen LogP contribution in [-0.4, -0.2) is 24.7 Å². The predicted molar refractivity (Wildman–Crippen MR) is 65.2 cm³/mol. The first-order valence-electron chi connectivity index (χ1n) is 5.41. The number of hydrogen-bond donors (Lipinski definition) is 1. The summed E-state index contributed by atoms with van der Waals surface area (Å²) in [6, 6.07) is 2.07. The van der Waals surface area contributed by atoms with E-state index < -0.39 is 0 Å². The molecule has 3 aromatic heterocycles. The third-order valence-corrected chi connectivity index (χ3v) is 2.68. The maximum atomic E-state index is 4.32. The average Bonchev–Trinajstić information content (AvgIpc) is 2.97. The molecule has 3 heterocycles. The van der Waals surface area contributed by atoms with Crippen molar-refractivity contribution in [3.8, 4) is 11.3 Å². The van der Waals surface area contributed by atoms with Gasteiger partial charge in [0.05, 0.1) is 11.9 Å². The number of rotatable bonds is 2. The molecule has 1 N–H and O–H groups in total. The molecule has 0 saturated heterocycles. The van der Waals surface area contributed by atoms with E-state index in [4.69, 9.17) is 0 Å². The molecule has 0 bridgehead atoms. The molecule has 3 aromatic rings. The van der Waals surface area contributed by atoms with E-state index in [9.17, 15) is 0 Å². The molecule has 1 radical (unpaired) electrons. The van der Waals surface area contributed by atoms with E-state index in [1.807, 2.05) is 30.1 Å². The summed E-state index contributed by atoms with van der Waals surface area (Å²) in [4.78, 5) is 11.5. The van der Waals surface area contributed by atoms with Crippen LogP contribution >= 0.6 is 0 Å². The lowest BCUT2D eigenvalue weighted by molar-refractivity contribution is 0.578. The summed E-state index contributed by atoms with van der Waals surface area (Å²) in [5, 5.41) is 5.27. The van der Waals surface area contributed by atoms with Gasteiger partial charge in [-0.25, -0.2) is 9.97 Å². The summed E-state index contributed by atoms with van der Waals surface area (Å²) in [6.45, 7) is 5.92. The van der Waals surface area contributed by atoms with Crippen molar-refractivity contribution in [1.29, 1.82) is 0 Å². The van der Waals surface area contributed by atoms with Crippen molar-refractivity contribution in [2.24, 2.45) is 0 Å². The third-order valence-electron chi connectivity index (χ3n) is 2.68. The number of hydrogen-bond acceptors (Lipinski definition) is 3. The van der Waals surface area contributed by atoms with Crippen LogP contribution in [0.4, 0.5) is 0 Å². The van der Waals surface area contributed by atoms with Crippen LogP contribution in [0.1, 0.15) is 13.0 Å². The summed E-state index contributed by atoms with van der Waals surface area (Å²) in [5.41, 5.74) is 2.71. The lowest BCUT2D eigenvalue weighted by atomic mass is 10.2. The summed E-state index contributed by atoms with van der Waals surface area (Å²) >= 11 is 0. The molecule has 5 nitrogen and oxygen atoms in total. The van der Waals surface area contributed by atoms with Crippen LogP contribution < -0.4 is 0 Å². The molecule has 5 heteroatoms. The van der Waals surface area contributed by atoms with Gasteiger partial charge in [0.25, 0.3) is 0 Å². The molecule has 0 fully saturated rings. The lowest BCUT2D eigenvalue weighted by Crippen LogP contribution is -2.00. The second kappa shape index (κ2) is 3.69. The fraction of sp³-hybridized carbons (Fsp3) is 0.167. The first-order chi connectivity index (χ1) is 8.25. The van der Waals surface area contributed by atoms with Crippen molar-refractivity contribution < 1.29 is 0 Å². The highest BCUT2D eigenvalue weighted by molar-refractivity contribution is 5.89. The standard InChI is InChI=1S/C12H12N5/c1-8(2)17-6-9(5-16-17)11-10-3-4-13-12(10)15-7-14-11/h3-8H,1H2,2H3,(H,13,14,15). The smallest absolute Gasteiger partial charge is 0.141 e. The molecule has 0 saturated carbocycles. The Morgan fingerprint density at radius 1 is 1.41 bits per heavy atom. The first kappa shape index (κ1) is 10.0. The van der Waals surface area contributed by atoms with E-state index >= 15 is 0 Å². The SMILES string of the molecule is [CH2]C(C)n1cc(-c2ncnc3[nH]ccc23)cn1. The Labute approximate surface area is 98.5 Å². The predicted octanol–water partition coefficient (Wildman–Crippen LogP) is 2.22. The molecule has 0 aromatic carbocycles. The second-order valence-corrected chi connectivity index (χ2v) is 4.02. The Morgan fingerprint density at radius 3 is 3.06 bits per heavy atom. The highest BCUT2D eigenvalue weighted by Gasteiger charge is 2.09. The zero-order valence-electron chi connectivity index (χ0n) is 9.46. The van der Waals surface area contributed by atoms with Gasteiger partial charge in [-0.1, -0.05) is 0 Å².